The maximum Gasteiger partial charge on any atom is 0.432 e. The highest BCUT2D eigenvalue weighted by molar-refractivity contribution is 6.13. The van der Waals surface area contributed by atoms with Gasteiger partial charge in [-0.2, -0.15) is 0 Å². The number of rotatable bonds is 1. The van der Waals surface area contributed by atoms with E-state index in [9.17, 15) is 10.1 Å². The van der Waals surface area contributed by atoms with E-state index in [1.54, 1.807) is 12.1 Å². The molecule has 0 unspecified atom stereocenters. The van der Waals surface area contributed by atoms with Crippen LogP contribution in [0.4, 0.5) is 5.69 Å². The number of nitro groups is 1. The Morgan fingerprint density at radius 1 is 1.31 bits per heavy atom. The highest BCUT2D eigenvalue weighted by Crippen LogP contribution is 2.10. The van der Waals surface area contributed by atoms with Gasteiger partial charge in [0.2, 0.25) is 0 Å². The fourth-order valence-electron chi connectivity index (χ4n) is 0.666. The van der Waals surface area contributed by atoms with Crippen molar-refractivity contribution in [1.82, 2.24) is 0 Å². The van der Waals surface area contributed by atoms with Gasteiger partial charge in [0.25, 0.3) is 5.69 Å². The van der Waals surface area contributed by atoms with E-state index in [0.29, 0.717) is 0 Å². The maximum atomic E-state index is 10.1. The van der Waals surface area contributed by atoms with Crippen molar-refractivity contribution in [2.24, 2.45) is 0 Å². The van der Waals surface area contributed by atoms with Gasteiger partial charge in [0.1, 0.15) is 0 Å². The van der Waals surface area contributed by atoms with Crippen molar-refractivity contribution >= 4 is 13.4 Å². The molecule has 0 atom stereocenters. The zero-order valence-corrected chi connectivity index (χ0v) is 7.17. The van der Waals surface area contributed by atoms with E-state index in [2.05, 4.69) is 0 Å². The third-order valence-electron chi connectivity index (χ3n) is 1.24. The maximum absolute atomic E-state index is 10.1. The molecular formula is C7H10BNO4. The molecule has 0 spiro atoms. The van der Waals surface area contributed by atoms with E-state index < -0.39 is 12.6 Å². The molecule has 1 rings (SSSR count). The fourth-order valence-corrected chi connectivity index (χ4v) is 0.666. The van der Waals surface area contributed by atoms with Gasteiger partial charge >= 0.3 is 7.69 Å². The van der Waals surface area contributed by atoms with Crippen LogP contribution in [0.25, 0.3) is 0 Å². The summed E-state index contributed by atoms with van der Waals surface area (Å²) in [6.45, 7) is 1.89. The highest BCUT2D eigenvalue weighted by atomic mass is 16.6. The first-order chi connectivity index (χ1) is 6.11. The fraction of sp³-hybridized carbons (Fsp3) is 0.143. The van der Waals surface area contributed by atoms with Crippen molar-refractivity contribution in [2.75, 3.05) is 0 Å². The first-order valence-electron chi connectivity index (χ1n) is 3.54. The second-order valence-corrected chi connectivity index (χ2v) is 2.23. The van der Waals surface area contributed by atoms with Crippen LogP contribution < -0.4 is 0 Å². The van der Waals surface area contributed by atoms with Crippen LogP contribution >= 0.6 is 0 Å². The monoisotopic (exact) mass is 183 g/mol. The Labute approximate surface area is 76.1 Å². The van der Waals surface area contributed by atoms with Crippen LogP contribution in [0.2, 0.25) is 0 Å². The van der Waals surface area contributed by atoms with Gasteiger partial charge in [-0.1, -0.05) is 17.7 Å². The number of nitro benzene ring substituents is 1. The molecule has 0 aliphatic rings. The van der Waals surface area contributed by atoms with Crippen LogP contribution in [-0.4, -0.2) is 22.7 Å². The summed E-state index contributed by atoms with van der Waals surface area (Å²) in [6.07, 6.45) is 0. The van der Waals surface area contributed by atoms with Crippen molar-refractivity contribution in [2.45, 2.75) is 6.92 Å². The molecule has 5 nitrogen and oxygen atoms in total. The molecule has 0 heterocycles. The molecule has 0 aliphatic heterocycles. The van der Waals surface area contributed by atoms with Crippen LogP contribution in [0.3, 0.4) is 0 Å². The van der Waals surface area contributed by atoms with Gasteiger partial charge in [-0.3, -0.25) is 10.1 Å². The average Bonchev–Trinajstić information content (AvgIpc) is 2.06. The van der Waals surface area contributed by atoms with Gasteiger partial charge < -0.3 is 10.0 Å². The predicted molar refractivity (Wildman–Crippen MR) is 49.4 cm³/mol. The summed E-state index contributed by atoms with van der Waals surface area (Å²) in [6, 6.07) is 6.43. The van der Waals surface area contributed by atoms with Crippen LogP contribution in [0.15, 0.2) is 24.3 Å². The molecule has 0 radical (unpaired) electrons. The Hall–Kier alpha value is -1.40. The number of non-ortho nitro benzene ring substituents is 1. The van der Waals surface area contributed by atoms with E-state index in [1.807, 2.05) is 6.92 Å². The smallest absolute Gasteiger partial charge is 0.430 e. The molecule has 0 saturated heterocycles. The molecule has 0 aliphatic carbocycles. The molecule has 0 aromatic heterocycles. The topological polar surface area (TPSA) is 83.6 Å². The molecule has 2 N–H and O–H groups in total. The molecule has 0 fully saturated rings. The third-order valence-corrected chi connectivity index (χ3v) is 1.24. The van der Waals surface area contributed by atoms with E-state index >= 15 is 0 Å². The normalized spacial score (nSPS) is 8.23. The summed E-state index contributed by atoms with van der Waals surface area (Å²) in [5, 5.41) is 24.4. The molecule has 70 valence electrons. The van der Waals surface area contributed by atoms with E-state index in [-0.39, 0.29) is 5.69 Å². The predicted octanol–water partition coefficient (Wildman–Crippen LogP) is 0.141. The number of hydrogen-bond donors (Lipinski definition) is 2. The number of aryl methyl sites for hydroxylation is 1. The van der Waals surface area contributed by atoms with Gasteiger partial charge in [0.15, 0.2) is 0 Å². The molecule has 1 aromatic rings. The Morgan fingerprint density at radius 2 is 1.69 bits per heavy atom. The molecule has 1 aromatic carbocycles. The number of benzene rings is 1. The molecular weight excluding hydrogens is 173 g/mol. The molecule has 0 bridgehead atoms. The Bertz CT molecular complexity index is 262. The molecule has 6 heteroatoms. The standard InChI is InChI=1S/C7H7NO2.BH3O2/c1-6-2-4-7(5-3-6)8(9)10;2-1-3/h2-5H,1H3;1-3H. The minimum absolute atomic E-state index is 0.144. The molecule has 0 amide bonds. The SMILES string of the molecule is Cc1ccc([N+](=O)[O-])cc1.OBO. The Morgan fingerprint density at radius 3 is 2.00 bits per heavy atom. The first-order valence-corrected chi connectivity index (χ1v) is 3.54. The lowest BCUT2D eigenvalue weighted by molar-refractivity contribution is -0.384. The number of hydrogen-bond acceptors (Lipinski definition) is 4. The van der Waals surface area contributed by atoms with Crippen LogP contribution in [0, 0.1) is 17.0 Å². The van der Waals surface area contributed by atoms with Crippen molar-refractivity contribution in [3.05, 3.63) is 39.9 Å². The summed E-state index contributed by atoms with van der Waals surface area (Å²) < 4.78 is 0. The minimum Gasteiger partial charge on any atom is -0.430 e. The van der Waals surface area contributed by atoms with E-state index in [4.69, 9.17) is 10.0 Å². The van der Waals surface area contributed by atoms with Crippen molar-refractivity contribution < 1.29 is 15.0 Å². The third kappa shape index (κ3) is 4.94. The van der Waals surface area contributed by atoms with Gasteiger partial charge in [0, 0.05) is 12.1 Å². The van der Waals surface area contributed by atoms with Crippen LogP contribution in [0.1, 0.15) is 5.56 Å². The van der Waals surface area contributed by atoms with Crippen LogP contribution in [-0.2, 0) is 0 Å². The van der Waals surface area contributed by atoms with E-state index in [1.165, 1.54) is 12.1 Å². The highest BCUT2D eigenvalue weighted by Gasteiger charge is 2.00. The van der Waals surface area contributed by atoms with Gasteiger partial charge in [-0.25, -0.2) is 0 Å². The lowest BCUT2D eigenvalue weighted by Crippen LogP contribution is -1.86. The first kappa shape index (κ1) is 11.6. The largest absolute Gasteiger partial charge is 0.432 e. The molecule has 13 heavy (non-hydrogen) atoms. The second kappa shape index (κ2) is 6.16. The zero-order chi connectivity index (χ0) is 10.3. The molecule has 0 saturated carbocycles. The summed E-state index contributed by atoms with van der Waals surface area (Å²) >= 11 is 0. The van der Waals surface area contributed by atoms with Crippen molar-refractivity contribution in [3.63, 3.8) is 0 Å². The second-order valence-electron chi connectivity index (χ2n) is 2.23. The Kier molecular flexibility index (Phi) is 5.50. The summed E-state index contributed by atoms with van der Waals surface area (Å²) in [4.78, 5) is 9.71. The minimum atomic E-state index is -0.750. The summed E-state index contributed by atoms with van der Waals surface area (Å²) in [5.74, 6) is 0. The van der Waals surface area contributed by atoms with Crippen LogP contribution in [0.5, 0.6) is 0 Å². The summed E-state index contributed by atoms with van der Waals surface area (Å²) in [5.41, 5.74) is 1.18. The quantitative estimate of drug-likeness (QED) is 0.368. The number of nitrogens with zero attached hydrogens (tertiary/aromatic N) is 1. The van der Waals surface area contributed by atoms with Gasteiger partial charge in [-0.15, -0.1) is 0 Å². The Balaban J connectivity index is 0.000000424. The lowest BCUT2D eigenvalue weighted by atomic mass is 10.2. The van der Waals surface area contributed by atoms with E-state index in [0.717, 1.165) is 5.56 Å². The lowest BCUT2D eigenvalue weighted by Gasteiger charge is -1.90. The zero-order valence-electron chi connectivity index (χ0n) is 7.17. The average molecular weight is 183 g/mol. The van der Waals surface area contributed by atoms with Crippen molar-refractivity contribution in [1.29, 1.82) is 0 Å². The van der Waals surface area contributed by atoms with Crippen molar-refractivity contribution in [3.8, 4) is 0 Å². The van der Waals surface area contributed by atoms with Gasteiger partial charge in [-0.05, 0) is 6.92 Å². The van der Waals surface area contributed by atoms with Gasteiger partial charge in [0.05, 0.1) is 4.92 Å². The summed E-state index contributed by atoms with van der Waals surface area (Å²) in [7, 11) is -0.750.